The average molecular weight is 344 g/mol. The van der Waals surface area contributed by atoms with Crippen LogP contribution in [-0.2, 0) is 19.1 Å². The highest BCUT2D eigenvalue weighted by atomic mass is 16.5. The number of rotatable bonds is 4. The number of ether oxygens (including phenoxy) is 3. The van der Waals surface area contributed by atoms with Crippen molar-refractivity contribution in [3.05, 3.63) is 36.1 Å². The van der Waals surface area contributed by atoms with Gasteiger partial charge < -0.3 is 14.2 Å². The number of allylic oxidation sites excluding steroid dienone is 1. The van der Waals surface area contributed by atoms with E-state index in [9.17, 15) is 9.59 Å². The van der Waals surface area contributed by atoms with Crippen molar-refractivity contribution in [1.82, 2.24) is 0 Å². The summed E-state index contributed by atoms with van der Waals surface area (Å²) in [4.78, 5) is 24.6. The number of Topliss-reactive ketones (excluding diaryl/α,β-unsaturated/α-hetero) is 1. The van der Waals surface area contributed by atoms with E-state index in [4.69, 9.17) is 14.2 Å². The fraction of sp³-hybridized carbons (Fsp3) is 0.500. The third kappa shape index (κ3) is 3.70. The van der Waals surface area contributed by atoms with Gasteiger partial charge in [-0.2, -0.15) is 0 Å². The van der Waals surface area contributed by atoms with Crippen molar-refractivity contribution in [2.75, 3.05) is 7.11 Å². The molecule has 5 heteroatoms. The molecule has 1 heterocycles. The molecule has 3 atom stereocenters. The van der Waals surface area contributed by atoms with Crippen molar-refractivity contribution in [1.29, 1.82) is 0 Å². The van der Waals surface area contributed by atoms with E-state index in [1.807, 2.05) is 38.1 Å². The van der Waals surface area contributed by atoms with E-state index in [1.54, 1.807) is 13.4 Å². The highest BCUT2D eigenvalue weighted by Crippen LogP contribution is 2.37. The lowest BCUT2D eigenvalue weighted by Gasteiger charge is -2.37. The van der Waals surface area contributed by atoms with Crippen molar-refractivity contribution >= 4 is 17.3 Å². The van der Waals surface area contributed by atoms with Crippen LogP contribution in [0.3, 0.4) is 0 Å². The second-order valence-corrected chi connectivity index (χ2v) is 6.93. The third-order valence-corrected chi connectivity index (χ3v) is 4.86. The summed E-state index contributed by atoms with van der Waals surface area (Å²) in [5.41, 5.74) is 1.43. The first-order valence-electron chi connectivity index (χ1n) is 8.74. The molecule has 0 aromatic heterocycles. The number of hydrogen-bond donors (Lipinski definition) is 0. The molecule has 0 N–H and O–H groups in total. The van der Waals surface area contributed by atoms with E-state index in [0.717, 1.165) is 11.3 Å². The number of benzene rings is 1. The molecule has 0 spiro atoms. The summed E-state index contributed by atoms with van der Waals surface area (Å²) in [6.07, 6.45) is 3.12. The van der Waals surface area contributed by atoms with Gasteiger partial charge in [-0.1, -0.05) is 26.0 Å². The molecule has 0 bridgehead atoms. The Morgan fingerprint density at radius 3 is 2.56 bits per heavy atom. The molecular weight excluding hydrogens is 320 g/mol. The van der Waals surface area contributed by atoms with Crippen LogP contribution in [0, 0.1) is 11.8 Å². The Labute approximate surface area is 148 Å². The molecule has 3 unspecified atom stereocenters. The first-order chi connectivity index (χ1) is 12.0. The fourth-order valence-electron chi connectivity index (χ4n) is 3.34. The van der Waals surface area contributed by atoms with Gasteiger partial charge in [-0.15, -0.1) is 0 Å². The number of methoxy groups -OCH3 is 1. The lowest BCUT2D eigenvalue weighted by Crippen LogP contribution is -2.42. The van der Waals surface area contributed by atoms with Gasteiger partial charge in [0.2, 0.25) is 0 Å². The standard InChI is InChI=1S/C20H24O5/c1-12(2)20(22)25-15-8-9-16-18(10-15)24-11-17(19(16)21)13-4-6-14(23-3)7-5-13/h4-7,11-12,15-16,18H,8-10H2,1-3H3. The minimum absolute atomic E-state index is 0.107. The van der Waals surface area contributed by atoms with Crippen molar-refractivity contribution in [2.24, 2.45) is 11.8 Å². The monoisotopic (exact) mass is 344 g/mol. The molecule has 1 aromatic carbocycles. The number of esters is 1. The van der Waals surface area contributed by atoms with Crippen molar-refractivity contribution in [3.8, 4) is 5.75 Å². The predicted molar refractivity (Wildman–Crippen MR) is 92.9 cm³/mol. The molecule has 2 aliphatic rings. The van der Waals surface area contributed by atoms with E-state index in [0.29, 0.717) is 24.8 Å². The summed E-state index contributed by atoms with van der Waals surface area (Å²) in [7, 11) is 1.61. The van der Waals surface area contributed by atoms with Gasteiger partial charge >= 0.3 is 5.97 Å². The highest BCUT2D eigenvalue weighted by molar-refractivity contribution is 6.22. The minimum atomic E-state index is -0.215. The summed E-state index contributed by atoms with van der Waals surface area (Å²) >= 11 is 0. The lowest BCUT2D eigenvalue weighted by atomic mass is 9.78. The Balaban J connectivity index is 1.70. The Morgan fingerprint density at radius 2 is 1.92 bits per heavy atom. The zero-order chi connectivity index (χ0) is 18.0. The number of hydrogen-bond acceptors (Lipinski definition) is 5. The van der Waals surface area contributed by atoms with Crippen LogP contribution >= 0.6 is 0 Å². The van der Waals surface area contributed by atoms with Crippen LogP contribution in [-0.4, -0.2) is 31.1 Å². The van der Waals surface area contributed by atoms with Crippen LogP contribution in [0.5, 0.6) is 5.75 Å². The Bertz CT molecular complexity index is 674. The van der Waals surface area contributed by atoms with Gasteiger partial charge in [-0.05, 0) is 30.5 Å². The maximum Gasteiger partial charge on any atom is 0.308 e. The Morgan fingerprint density at radius 1 is 1.20 bits per heavy atom. The molecule has 1 aromatic rings. The molecule has 134 valence electrons. The van der Waals surface area contributed by atoms with E-state index < -0.39 is 0 Å². The molecule has 1 fully saturated rings. The predicted octanol–water partition coefficient (Wildman–Crippen LogP) is 3.37. The van der Waals surface area contributed by atoms with Crippen LogP contribution < -0.4 is 4.74 Å². The summed E-state index contributed by atoms with van der Waals surface area (Å²) in [5.74, 6) is 0.346. The second-order valence-electron chi connectivity index (χ2n) is 6.93. The lowest BCUT2D eigenvalue weighted by molar-refractivity contribution is -0.158. The van der Waals surface area contributed by atoms with E-state index in [2.05, 4.69) is 0 Å². The van der Waals surface area contributed by atoms with Crippen molar-refractivity contribution in [3.63, 3.8) is 0 Å². The summed E-state index contributed by atoms with van der Waals surface area (Å²) < 4.78 is 16.5. The number of fused-ring (bicyclic) bond motifs is 1. The topological polar surface area (TPSA) is 61.8 Å². The molecule has 0 radical (unpaired) electrons. The zero-order valence-electron chi connectivity index (χ0n) is 14.9. The molecule has 1 aliphatic heterocycles. The molecular formula is C20H24O5. The summed E-state index contributed by atoms with van der Waals surface area (Å²) in [5, 5.41) is 0. The molecule has 25 heavy (non-hydrogen) atoms. The quantitative estimate of drug-likeness (QED) is 0.784. The summed E-state index contributed by atoms with van der Waals surface area (Å²) in [6, 6.07) is 7.39. The molecule has 5 nitrogen and oxygen atoms in total. The van der Waals surface area contributed by atoms with E-state index in [1.165, 1.54) is 0 Å². The largest absolute Gasteiger partial charge is 0.497 e. The van der Waals surface area contributed by atoms with Gasteiger partial charge in [0, 0.05) is 6.42 Å². The molecule has 0 saturated heterocycles. The number of carbonyl (C=O) groups is 2. The maximum atomic E-state index is 12.9. The smallest absolute Gasteiger partial charge is 0.308 e. The average Bonchev–Trinajstić information content (AvgIpc) is 2.62. The molecule has 3 rings (SSSR count). The van der Waals surface area contributed by atoms with Crippen molar-refractivity contribution in [2.45, 2.75) is 45.3 Å². The van der Waals surface area contributed by atoms with Crippen LogP contribution in [0.25, 0.3) is 5.57 Å². The van der Waals surface area contributed by atoms with Crippen LogP contribution in [0.2, 0.25) is 0 Å². The first-order valence-corrected chi connectivity index (χ1v) is 8.74. The van der Waals surface area contributed by atoms with Gasteiger partial charge in [0.1, 0.15) is 18.0 Å². The van der Waals surface area contributed by atoms with Gasteiger partial charge in [0.15, 0.2) is 5.78 Å². The zero-order valence-corrected chi connectivity index (χ0v) is 14.9. The van der Waals surface area contributed by atoms with Crippen molar-refractivity contribution < 1.29 is 23.8 Å². The Hall–Kier alpha value is -2.30. The van der Waals surface area contributed by atoms with Crippen LogP contribution in [0.15, 0.2) is 30.5 Å². The highest BCUT2D eigenvalue weighted by Gasteiger charge is 2.41. The number of ketones is 1. The maximum absolute atomic E-state index is 12.9. The normalized spacial score (nSPS) is 25.7. The van der Waals surface area contributed by atoms with E-state index >= 15 is 0 Å². The van der Waals surface area contributed by atoms with E-state index in [-0.39, 0.29) is 35.8 Å². The van der Waals surface area contributed by atoms with Gasteiger partial charge in [-0.25, -0.2) is 0 Å². The third-order valence-electron chi connectivity index (χ3n) is 4.86. The Kier molecular flexibility index (Phi) is 5.11. The SMILES string of the molecule is COc1ccc(C2=COC3CC(OC(=O)C(C)C)CCC3C2=O)cc1. The molecule has 1 saturated carbocycles. The second kappa shape index (κ2) is 7.30. The first kappa shape index (κ1) is 17.5. The number of carbonyl (C=O) groups excluding carboxylic acids is 2. The van der Waals surface area contributed by atoms with Crippen LogP contribution in [0.4, 0.5) is 0 Å². The van der Waals surface area contributed by atoms with Crippen LogP contribution in [0.1, 0.15) is 38.7 Å². The minimum Gasteiger partial charge on any atom is -0.497 e. The van der Waals surface area contributed by atoms with Gasteiger partial charge in [0.05, 0.1) is 30.8 Å². The molecule has 1 aliphatic carbocycles. The molecule has 0 amide bonds. The fourth-order valence-corrected chi connectivity index (χ4v) is 3.34. The summed E-state index contributed by atoms with van der Waals surface area (Å²) in [6.45, 7) is 3.64. The van der Waals surface area contributed by atoms with Gasteiger partial charge in [-0.3, -0.25) is 9.59 Å². The van der Waals surface area contributed by atoms with Gasteiger partial charge in [0.25, 0.3) is 0 Å².